The van der Waals surface area contributed by atoms with E-state index >= 15 is 0 Å². The minimum absolute atomic E-state index is 0.142. The van der Waals surface area contributed by atoms with Gasteiger partial charge < -0.3 is 0 Å². The second-order valence-corrected chi connectivity index (χ2v) is 13.0. The number of unbranched alkanes of at least 4 members (excludes halogenated alkanes) is 3. The zero-order valence-electron chi connectivity index (χ0n) is 16.3. The maximum absolute atomic E-state index is 12.6. The van der Waals surface area contributed by atoms with Gasteiger partial charge in [0.15, 0.2) is 29.5 Å². The molecule has 0 aliphatic carbocycles. The van der Waals surface area contributed by atoms with Gasteiger partial charge in [0, 0.05) is 0 Å². The largest absolute Gasteiger partial charge is 0.224 e. The molecule has 0 atom stereocenters. The topological polar surface area (TPSA) is 102 Å². The minimum Gasteiger partial charge on any atom is -0.224 e. The molecule has 0 radical (unpaired) electrons. The van der Waals surface area contributed by atoms with Crippen LogP contribution in [-0.2, 0) is 29.5 Å². The molecule has 0 saturated heterocycles. The maximum Gasteiger partial charge on any atom is 0.178 e. The first kappa shape index (κ1) is 24.1. The summed E-state index contributed by atoms with van der Waals surface area (Å²) < 4.78 is 75.5. The van der Waals surface area contributed by atoms with Gasteiger partial charge in [-0.05, 0) is 37.5 Å². The van der Waals surface area contributed by atoms with Crippen LogP contribution in [0.1, 0.15) is 59.3 Å². The van der Waals surface area contributed by atoms with Crippen molar-refractivity contribution in [1.82, 2.24) is 0 Å². The van der Waals surface area contributed by atoms with Crippen LogP contribution in [0.4, 0.5) is 0 Å². The van der Waals surface area contributed by atoms with Crippen molar-refractivity contribution in [3.63, 3.8) is 0 Å². The lowest BCUT2D eigenvalue weighted by molar-refractivity contribution is 0.588. The Bertz CT molecular complexity index is 793. The molecule has 0 N–H and O–H groups in total. The highest BCUT2D eigenvalue weighted by atomic mass is 32.2. The fraction of sp³-hybridized carbons (Fsp3) is 0.667. The fourth-order valence-corrected chi connectivity index (χ4v) is 7.22. The Morgan fingerprint density at radius 2 is 0.741 bits per heavy atom. The molecule has 0 aliphatic heterocycles. The van der Waals surface area contributed by atoms with Crippen molar-refractivity contribution in [1.29, 1.82) is 0 Å². The third-order valence-electron chi connectivity index (χ3n) is 4.23. The summed E-state index contributed by atoms with van der Waals surface area (Å²) in [5, 5.41) is 0. The van der Waals surface area contributed by atoms with E-state index in [2.05, 4.69) is 0 Å². The second kappa shape index (κ2) is 10.0. The number of benzene rings is 1. The quantitative estimate of drug-likeness (QED) is 0.495. The van der Waals surface area contributed by atoms with Gasteiger partial charge in [0.05, 0.1) is 31.9 Å². The molecule has 0 spiro atoms. The van der Waals surface area contributed by atoms with Crippen molar-refractivity contribution in [3.05, 3.63) is 18.2 Å². The zero-order valence-corrected chi connectivity index (χ0v) is 18.7. The predicted molar refractivity (Wildman–Crippen MR) is 107 cm³/mol. The first-order chi connectivity index (χ1) is 12.5. The van der Waals surface area contributed by atoms with Crippen LogP contribution >= 0.6 is 0 Å². The highest BCUT2D eigenvalue weighted by Crippen LogP contribution is 2.26. The van der Waals surface area contributed by atoms with Gasteiger partial charge in [-0.15, -0.1) is 0 Å². The monoisotopic (exact) mass is 438 g/mol. The Morgan fingerprint density at radius 1 is 0.519 bits per heavy atom. The summed E-state index contributed by atoms with van der Waals surface area (Å²) in [7, 11) is -11.3. The molecule has 1 aromatic rings. The molecule has 0 fully saturated rings. The lowest BCUT2D eigenvalue weighted by atomic mass is 10.4. The van der Waals surface area contributed by atoms with Crippen molar-refractivity contribution < 1.29 is 25.3 Å². The van der Waals surface area contributed by atoms with Gasteiger partial charge in [0.25, 0.3) is 0 Å². The highest BCUT2D eigenvalue weighted by Gasteiger charge is 2.25. The molecule has 0 aromatic heterocycles. The third kappa shape index (κ3) is 6.87. The summed E-state index contributed by atoms with van der Waals surface area (Å²) in [5.41, 5.74) is 0. The lowest BCUT2D eigenvalue weighted by Crippen LogP contribution is -2.14. The van der Waals surface area contributed by atoms with Gasteiger partial charge in [-0.1, -0.05) is 40.0 Å². The number of hydrogen-bond acceptors (Lipinski definition) is 6. The molecular weight excluding hydrogens is 408 g/mol. The summed E-state index contributed by atoms with van der Waals surface area (Å²) in [4.78, 5) is -0.698. The van der Waals surface area contributed by atoms with E-state index < -0.39 is 29.5 Å². The molecule has 0 heterocycles. The summed E-state index contributed by atoms with van der Waals surface area (Å²) in [5.74, 6) is -0.427. The van der Waals surface area contributed by atoms with Crippen LogP contribution in [0.15, 0.2) is 32.9 Å². The SMILES string of the molecule is CCCCS(=O)(=O)c1cc(S(=O)(=O)CCCC)cc(S(=O)(=O)CCCC)c1. The first-order valence-corrected chi connectivity index (χ1v) is 14.3. The molecule has 0 aliphatic rings. The smallest absolute Gasteiger partial charge is 0.178 e. The van der Waals surface area contributed by atoms with Gasteiger partial charge in [0.1, 0.15) is 0 Å². The third-order valence-corrected chi connectivity index (χ3v) is 9.57. The van der Waals surface area contributed by atoms with Crippen molar-refractivity contribution in [3.8, 4) is 0 Å². The van der Waals surface area contributed by atoms with E-state index in [-0.39, 0.29) is 31.9 Å². The molecular formula is C18H30O6S3. The van der Waals surface area contributed by atoms with E-state index in [1.165, 1.54) is 0 Å². The van der Waals surface area contributed by atoms with Gasteiger partial charge >= 0.3 is 0 Å². The zero-order chi connectivity index (χ0) is 20.7. The maximum atomic E-state index is 12.6. The predicted octanol–water partition coefficient (Wildman–Crippen LogP) is 3.41. The Kier molecular flexibility index (Phi) is 8.95. The summed E-state index contributed by atoms with van der Waals surface area (Å²) in [6, 6.07) is 3.32. The van der Waals surface area contributed by atoms with E-state index in [4.69, 9.17) is 0 Å². The first-order valence-electron chi connectivity index (χ1n) is 9.33. The summed E-state index contributed by atoms with van der Waals surface area (Å²) in [6.07, 6.45) is 3.26. The van der Waals surface area contributed by atoms with Crippen LogP contribution in [0, 0.1) is 0 Å². The van der Waals surface area contributed by atoms with Crippen LogP contribution in [0.5, 0.6) is 0 Å². The summed E-state index contributed by atoms with van der Waals surface area (Å²) in [6.45, 7) is 5.55. The molecule has 1 rings (SSSR count). The molecule has 27 heavy (non-hydrogen) atoms. The van der Waals surface area contributed by atoms with Gasteiger partial charge in [-0.25, -0.2) is 25.3 Å². The van der Waals surface area contributed by atoms with E-state index in [0.717, 1.165) is 18.2 Å². The van der Waals surface area contributed by atoms with Gasteiger partial charge in [-0.3, -0.25) is 0 Å². The lowest BCUT2D eigenvalue weighted by Gasteiger charge is -2.12. The van der Waals surface area contributed by atoms with Crippen LogP contribution in [0.3, 0.4) is 0 Å². The molecule has 156 valence electrons. The Balaban J connectivity index is 3.57. The van der Waals surface area contributed by atoms with E-state index in [1.54, 1.807) is 0 Å². The van der Waals surface area contributed by atoms with E-state index in [1.807, 2.05) is 20.8 Å². The van der Waals surface area contributed by atoms with Gasteiger partial charge in [-0.2, -0.15) is 0 Å². The minimum atomic E-state index is -3.76. The fourth-order valence-electron chi connectivity index (χ4n) is 2.44. The molecule has 0 unspecified atom stereocenters. The average Bonchev–Trinajstić information content (AvgIpc) is 2.62. The van der Waals surface area contributed by atoms with Crippen LogP contribution < -0.4 is 0 Å². The molecule has 9 heteroatoms. The number of rotatable bonds is 12. The molecule has 0 amide bonds. The number of hydrogen-bond donors (Lipinski definition) is 0. The van der Waals surface area contributed by atoms with Crippen LogP contribution in [0.25, 0.3) is 0 Å². The van der Waals surface area contributed by atoms with Crippen LogP contribution in [0.2, 0.25) is 0 Å². The molecule has 1 aromatic carbocycles. The van der Waals surface area contributed by atoms with Crippen molar-refractivity contribution in [2.24, 2.45) is 0 Å². The highest BCUT2D eigenvalue weighted by molar-refractivity contribution is 7.93. The van der Waals surface area contributed by atoms with E-state index in [0.29, 0.717) is 38.5 Å². The molecule has 0 bridgehead atoms. The molecule has 6 nitrogen and oxygen atoms in total. The van der Waals surface area contributed by atoms with Gasteiger partial charge in [0.2, 0.25) is 0 Å². The number of sulfone groups is 3. The second-order valence-electron chi connectivity index (χ2n) is 6.66. The van der Waals surface area contributed by atoms with Crippen molar-refractivity contribution in [2.75, 3.05) is 17.3 Å². The van der Waals surface area contributed by atoms with Crippen molar-refractivity contribution in [2.45, 2.75) is 74.0 Å². The Hall–Kier alpha value is -0.930. The standard InChI is InChI=1S/C18H30O6S3/c1-4-7-10-25(19,20)16-13-17(26(21,22)11-8-5-2)15-18(14-16)27(23,24)12-9-6-3/h13-15H,4-12H2,1-3H3. The Morgan fingerprint density at radius 3 is 0.926 bits per heavy atom. The van der Waals surface area contributed by atoms with Crippen LogP contribution in [-0.4, -0.2) is 42.5 Å². The molecule has 0 saturated carbocycles. The average molecular weight is 439 g/mol. The Labute approximate surface area is 164 Å². The van der Waals surface area contributed by atoms with E-state index in [9.17, 15) is 25.3 Å². The van der Waals surface area contributed by atoms with Crippen molar-refractivity contribution >= 4 is 29.5 Å². The normalized spacial score (nSPS) is 13.0. The summed E-state index contributed by atoms with van der Waals surface area (Å²) >= 11 is 0.